The molecule has 1 N–H and O–H groups in total. The fourth-order valence-corrected chi connectivity index (χ4v) is 0.763. The van der Waals surface area contributed by atoms with Crippen LogP contribution in [0.1, 0.15) is 24.7 Å². The summed E-state index contributed by atoms with van der Waals surface area (Å²) in [5, 5.41) is 6.67. The molecule has 0 saturated heterocycles. The number of nitrogens with zero attached hydrogens (tertiary/aromatic N) is 2. The van der Waals surface area contributed by atoms with Crippen molar-refractivity contribution in [1.29, 1.82) is 0 Å². The highest BCUT2D eigenvalue weighted by molar-refractivity contribution is 4.88. The number of nitrogens with one attached hydrogen (secondary N) is 1. The molecule has 1 rings (SSSR count). The van der Waals surface area contributed by atoms with Crippen molar-refractivity contribution in [2.45, 2.75) is 19.6 Å². The number of hydrogen-bond acceptors (Lipinski definition) is 5. The maximum Gasteiger partial charge on any atom is 0.255 e. The van der Waals surface area contributed by atoms with Gasteiger partial charge in [-0.05, 0) is 14.0 Å². The third kappa shape index (κ3) is 2.02. The van der Waals surface area contributed by atoms with Gasteiger partial charge in [-0.3, -0.25) is 0 Å². The Balaban J connectivity index is 2.63. The van der Waals surface area contributed by atoms with E-state index in [9.17, 15) is 0 Å². The zero-order chi connectivity index (χ0) is 8.97. The Labute approximate surface area is 71.1 Å². The molecule has 0 aliphatic carbocycles. The van der Waals surface area contributed by atoms with Gasteiger partial charge in [0.15, 0.2) is 5.82 Å². The Morgan fingerprint density at radius 2 is 2.42 bits per heavy atom. The van der Waals surface area contributed by atoms with Gasteiger partial charge in [-0.15, -0.1) is 0 Å². The first-order valence-corrected chi connectivity index (χ1v) is 3.77. The summed E-state index contributed by atoms with van der Waals surface area (Å²) in [6, 6.07) is 0. The lowest BCUT2D eigenvalue weighted by atomic mass is 10.4. The van der Waals surface area contributed by atoms with Crippen LogP contribution in [0.25, 0.3) is 0 Å². The van der Waals surface area contributed by atoms with Crippen molar-refractivity contribution >= 4 is 0 Å². The van der Waals surface area contributed by atoms with Gasteiger partial charge < -0.3 is 14.6 Å². The highest BCUT2D eigenvalue weighted by atomic mass is 16.5. The molecule has 1 heterocycles. The largest absolute Gasteiger partial charge is 0.372 e. The van der Waals surface area contributed by atoms with Gasteiger partial charge in [0.1, 0.15) is 6.10 Å². The molecule has 5 heteroatoms. The van der Waals surface area contributed by atoms with Gasteiger partial charge in [0.05, 0.1) is 6.54 Å². The summed E-state index contributed by atoms with van der Waals surface area (Å²) in [7, 11) is 3.43. The van der Waals surface area contributed by atoms with E-state index in [1.165, 1.54) is 0 Å². The molecule has 0 radical (unpaired) electrons. The minimum absolute atomic E-state index is 0.136. The van der Waals surface area contributed by atoms with Crippen LogP contribution in [0.15, 0.2) is 4.52 Å². The number of ether oxygens (including phenoxy) is 1. The first-order chi connectivity index (χ1) is 5.77. The quantitative estimate of drug-likeness (QED) is 0.714. The van der Waals surface area contributed by atoms with Crippen molar-refractivity contribution in [2.75, 3.05) is 14.2 Å². The maximum absolute atomic E-state index is 5.01. The Bertz CT molecular complexity index is 236. The molecule has 0 saturated carbocycles. The number of rotatable bonds is 4. The molecule has 0 aliphatic heterocycles. The zero-order valence-electron chi connectivity index (χ0n) is 7.50. The van der Waals surface area contributed by atoms with E-state index in [0.717, 1.165) is 0 Å². The average Bonchev–Trinajstić information content (AvgIpc) is 2.52. The number of hydrogen-bond donors (Lipinski definition) is 1. The van der Waals surface area contributed by atoms with Crippen molar-refractivity contribution in [2.24, 2.45) is 0 Å². The minimum Gasteiger partial charge on any atom is -0.372 e. The van der Waals surface area contributed by atoms with Gasteiger partial charge in [0.25, 0.3) is 5.89 Å². The van der Waals surface area contributed by atoms with Crippen LogP contribution in [0.2, 0.25) is 0 Å². The van der Waals surface area contributed by atoms with Crippen LogP contribution < -0.4 is 5.32 Å². The molecule has 0 fully saturated rings. The molecule has 1 aromatic heterocycles. The molecule has 12 heavy (non-hydrogen) atoms. The van der Waals surface area contributed by atoms with Crippen LogP contribution >= 0.6 is 0 Å². The molecule has 1 aromatic rings. The third-order valence-corrected chi connectivity index (χ3v) is 1.52. The van der Waals surface area contributed by atoms with Crippen molar-refractivity contribution < 1.29 is 9.26 Å². The summed E-state index contributed by atoms with van der Waals surface area (Å²) >= 11 is 0. The minimum atomic E-state index is -0.136. The third-order valence-electron chi connectivity index (χ3n) is 1.52. The standard InChI is InChI=1S/C7H13N3O2/c1-5(11-3)7-9-6(4-8-2)10-12-7/h5,8H,4H2,1-3H3. The molecule has 0 bridgehead atoms. The Hall–Kier alpha value is -0.940. The first-order valence-electron chi connectivity index (χ1n) is 3.77. The number of methoxy groups -OCH3 is 1. The van der Waals surface area contributed by atoms with E-state index < -0.39 is 0 Å². The molecule has 68 valence electrons. The van der Waals surface area contributed by atoms with Crippen molar-refractivity contribution in [1.82, 2.24) is 15.5 Å². The summed E-state index contributed by atoms with van der Waals surface area (Å²) in [4.78, 5) is 4.11. The maximum atomic E-state index is 5.01. The van der Waals surface area contributed by atoms with E-state index in [0.29, 0.717) is 18.3 Å². The van der Waals surface area contributed by atoms with E-state index >= 15 is 0 Å². The van der Waals surface area contributed by atoms with E-state index in [2.05, 4.69) is 15.5 Å². The Morgan fingerprint density at radius 1 is 1.67 bits per heavy atom. The molecular weight excluding hydrogens is 158 g/mol. The van der Waals surface area contributed by atoms with Crippen LogP contribution in [0.5, 0.6) is 0 Å². The van der Waals surface area contributed by atoms with Crippen molar-refractivity contribution in [3.8, 4) is 0 Å². The molecule has 0 spiro atoms. The first kappa shape index (κ1) is 9.15. The van der Waals surface area contributed by atoms with E-state index in [-0.39, 0.29) is 6.10 Å². The zero-order valence-corrected chi connectivity index (χ0v) is 7.50. The summed E-state index contributed by atoms with van der Waals surface area (Å²) in [5.74, 6) is 1.17. The second-order valence-electron chi connectivity index (χ2n) is 2.46. The highest BCUT2D eigenvalue weighted by Crippen LogP contribution is 2.12. The molecule has 1 unspecified atom stereocenters. The second kappa shape index (κ2) is 4.18. The molecule has 5 nitrogen and oxygen atoms in total. The van der Waals surface area contributed by atoms with Crippen LogP contribution in [0.4, 0.5) is 0 Å². The summed E-state index contributed by atoms with van der Waals surface area (Å²) < 4.78 is 9.95. The van der Waals surface area contributed by atoms with E-state index in [4.69, 9.17) is 9.26 Å². The van der Waals surface area contributed by atoms with Gasteiger partial charge >= 0.3 is 0 Å². The predicted molar refractivity (Wildman–Crippen MR) is 42.5 cm³/mol. The number of aromatic nitrogens is 2. The topological polar surface area (TPSA) is 60.2 Å². The molecule has 1 atom stereocenters. The molecule has 0 aliphatic rings. The van der Waals surface area contributed by atoms with Crippen molar-refractivity contribution in [3.63, 3.8) is 0 Å². The SMILES string of the molecule is CNCc1noc(C(C)OC)n1. The monoisotopic (exact) mass is 171 g/mol. The van der Waals surface area contributed by atoms with Crippen LogP contribution in [0.3, 0.4) is 0 Å². The lowest BCUT2D eigenvalue weighted by Gasteiger charge is -2.00. The van der Waals surface area contributed by atoms with Crippen LogP contribution in [0, 0.1) is 0 Å². The lowest BCUT2D eigenvalue weighted by Crippen LogP contribution is -2.06. The second-order valence-corrected chi connectivity index (χ2v) is 2.46. The smallest absolute Gasteiger partial charge is 0.255 e. The van der Waals surface area contributed by atoms with Crippen LogP contribution in [-0.2, 0) is 11.3 Å². The fourth-order valence-electron chi connectivity index (χ4n) is 0.763. The van der Waals surface area contributed by atoms with E-state index in [1.54, 1.807) is 7.11 Å². The van der Waals surface area contributed by atoms with Crippen LogP contribution in [-0.4, -0.2) is 24.3 Å². The van der Waals surface area contributed by atoms with Gasteiger partial charge in [-0.2, -0.15) is 4.98 Å². The highest BCUT2D eigenvalue weighted by Gasteiger charge is 2.12. The summed E-state index contributed by atoms with van der Waals surface area (Å²) in [5.41, 5.74) is 0. The van der Waals surface area contributed by atoms with Gasteiger partial charge in [0, 0.05) is 7.11 Å². The van der Waals surface area contributed by atoms with Crippen molar-refractivity contribution in [3.05, 3.63) is 11.7 Å². The fraction of sp³-hybridized carbons (Fsp3) is 0.714. The Kier molecular flexibility index (Phi) is 3.19. The lowest BCUT2D eigenvalue weighted by molar-refractivity contribution is 0.0886. The summed E-state index contributed by atoms with van der Waals surface area (Å²) in [6.45, 7) is 2.47. The van der Waals surface area contributed by atoms with Gasteiger partial charge in [-0.25, -0.2) is 0 Å². The summed E-state index contributed by atoms with van der Waals surface area (Å²) in [6.07, 6.45) is -0.136. The molecule has 0 amide bonds. The predicted octanol–water partition coefficient (Wildman–Crippen LogP) is 0.496. The average molecular weight is 171 g/mol. The molecule has 0 aromatic carbocycles. The normalized spacial score (nSPS) is 13.2. The Morgan fingerprint density at radius 3 is 3.00 bits per heavy atom. The van der Waals surface area contributed by atoms with Gasteiger partial charge in [0.2, 0.25) is 0 Å². The molecular formula is C7H13N3O2. The van der Waals surface area contributed by atoms with Gasteiger partial charge in [-0.1, -0.05) is 5.16 Å². The van der Waals surface area contributed by atoms with E-state index in [1.807, 2.05) is 14.0 Å².